The van der Waals surface area contributed by atoms with E-state index in [9.17, 15) is 14.9 Å². The number of carbonyl (C=O) groups excluding carboxylic acids is 1. The number of methoxy groups -OCH3 is 1. The number of rotatable bonds is 4. The molecule has 0 radical (unpaired) electrons. The van der Waals surface area contributed by atoms with Crippen molar-refractivity contribution < 1.29 is 14.5 Å². The Labute approximate surface area is 147 Å². The highest BCUT2D eigenvalue weighted by molar-refractivity contribution is 6.62. The quantitative estimate of drug-likeness (QED) is 0.356. The fraction of sp³-hybridized carbons (Fsp3) is 0.188. The maximum atomic E-state index is 12.3. The minimum Gasteiger partial charge on any atom is -0.497 e. The van der Waals surface area contributed by atoms with E-state index in [0.717, 1.165) is 0 Å². The Morgan fingerprint density at radius 1 is 1.12 bits per heavy atom. The van der Waals surface area contributed by atoms with Gasteiger partial charge in [0, 0.05) is 17.8 Å². The van der Waals surface area contributed by atoms with E-state index < -0.39 is 21.2 Å². The van der Waals surface area contributed by atoms with Gasteiger partial charge in [0.15, 0.2) is 0 Å². The SMILES string of the molecule is COc1ccc(N2C(=O)C(Cl)(Cl)C2c2ccc([N+](=O)[O-])cc2)cc1. The van der Waals surface area contributed by atoms with Crippen molar-refractivity contribution in [2.75, 3.05) is 12.0 Å². The molecule has 1 aliphatic heterocycles. The number of anilines is 1. The summed E-state index contributed by atoms with van der Waals surface area (Å²) in [6, 6.07) is 12.0. The summed E-state index contributed by atoms with van der Waals surface area (Å²) in [7, 11) is 1.55. The average Bonchev–Trinajstić information content (AvgIpc) is 2.59. The number of nitro groups is 1. The molecule has 2 aromatic rings. The molecule has 3 rings (SSSR count). The molecular formula is C16H12Cl2N2O4. The van der Waals surface area contributed by atoms with Crippen molar-refractivity contribution in [3.8, 4) is 5.75 Å². The van der Waals surface area contributed by atoms with Crippen LogP contribution in [0.15, 0.2) is 48.5 Å². The van der Waals surface area contributed by atoms with Crippen molar-refractivity contribution >= 4 is 40.5 Å². The van der Waals surface area contributed by atoms with Gasteiger partial charge in [0.05, 0.1) is 12.0 Å². The number of halogens is 2. The zero-order valence-corrected chi connectivity index (χ0v) is 14.0. The molecule has 124 valence electrons. The Morgan fingerprint density at radius 2 is 1.71 bits per heavy atom. The van der Waals surface area contributed by atoms with Crippen molar-refractivity contribution in [1.29, 1.82) is 0 Å². The van der Waals surface area contributed by atoms with Gasteiger partial charge in [0.25, 0.3) is 11.6 Å². The number of hydrogen-bond donors (Lipinski definition) is 0. The van der Waals surface area contributed by atoms with E-state index >= 15 is 0 Å². The Morgan fingerprint density at radius 3 is 2.21 bits per heavy atom. The van der Waals surface area contributed by atoms with Gasteiger partial charge in [-0.2, -0.15) is 0 Å². The van der Waals surface area contributed by atoms with E-state index in [-0.39, 0.29) is 5.69 Å². The molecule has 6 nitrogen and oxygen atoms in total. The molecule has 1 atom stereocenters. The molecule has 0 N–H and O–H groups in total. The lowest BCUT2D eigenvalue weighted by molar-refractivity contribution is -0.384. The van der Waals surface area contributed by atoms with Crippen LogP contribution in [-0.2, 0) is 4.79 Å². The maximum Gasteiger partial charge on any atom is 0.269 e. The van der Waals surface area contributed by atoms with Gasteiger partial charge in [-0.1, -0.05) is 23.2 Å². The molecule has 1 unspecified atom stereocenters. The fourth-order valence-electron chi connectivity index (χ4n) is 2.64. The molecule has 1 fully saturated rings. The van der Waals surface area contributed by atoms with Crippen LogP contribution in [0.4, 0.5) is 11.4 Å². The molecule has 0 spiro atoms. The summed E-state index contributed by atoms with van der Waals surface area (Å²) in [5, 5.41) is 10.8. The second-order valence-corrected chi connectivity index (χ2v) is 6.63. The average molecular weight is 367 g/mol. The van der Waals surface area contributed by atoms with E-state index in [1.165, 1.54) is 17.0 Å². The van der Waals surface area contributed by atoms with Gasteiger partial charge >= 0.3 is 0 Å². The van der Waals surface area contributed by atoms with Crippen LogP contribution >= 0.6 is 23.2 Å². The van der Waals surface area contributed by atoms with Crippen LogP contribution in [0, 0.1) is 10.1 Å². The summed E-state index contributed by atoms with van der Waals surface area (Å²) in [6.07, 6.45) is 0. The maximum absolute atomic E-state index is 12.3. The first-order chi connectivity index (χ1) is 11.4. The number of β-lactam (4-membered cyclic amide) rings is 1. The molecule has 0 aliphatic carbocycles. The first-order valence-corrected chi connectivity index (χ1v) is 7.71. The van der Waals surface area contributed by atoms with E-state index in [4.69, 9.17) is 27.9 Å². The number of carbonyl (C=O) groups is 1. The van der Waals surface area contributed by atoms with Crippen molar-refractivity contribution in [2.45, 2.75) is 10.4 Å². The third-order valence-corrected chi connectivity index (χ3v) is 4.61. The molecule has 1 aliphatic rings. The lowest BCUT2D eigenvalue weighted by atomic mass is 9.91. The van der Waals surface area contributed by atoms with E-state index in [1.54, 1.807) is 43.5 Å². The summed E-state index contributed by atoms with van der Waals surface area (Å²) in [6.45, 7) is 0. The van der Waals surface area contributed by atoms with Gasteiger partial charge in [-0.15, -0.1) is 0 Å². The van der Waals surface area contributed by atoms with Gasteiger partial charge in [-0.3, -0.25) is 19.8 Å². The minimum atomic E-state index is -1.62. The zero-order chi connectivity index (χ0) is 17.5. The molecule has 0 bridgehead atoms. The molecule has 0 aromatic heterocycles. The van der Waals surface area contributed by atoms with Gasteiger partial charge in [-0.05, 0) is 42.0 Å². The second kappa shape index (κ2) is 5.96. The number of ether oxygens (including phenoxy) is 1. The Bertz CT molecular complexity index is 791. The van der Waals surface area contributed by atoms with Crippen LogP contribution in [-0.4, -0.2) is 22.3 Å². The van der Waals surface area contributed by atoms with Crippen LogP contribution in [0.3, 0.4) is 0 Å². The monoisotopic (exact) mass is 366 g/mol. The normalized spacial score (nSPS) is 18.9. The summed E-state index contributed by atoms with van der Waals surface area (Å²) in [5.74, 6) is 0.209. The molecule has 1 heterocycles. The number of non-ortho nitro benzene ring substituents is 1. The zero-order valence-electron chi connectivity index (χ0n) is 12.5. The van der Waals surface area contributed by atoms with Crippen molar-refractivity contribution in [3.63, 3.8) is 0 Å². The summed E-state index contributed by atoms with van der Waals surface area (Å²) in [4.78, 5) is 24.1. The molecule has 0 saturated carbocycles. The predicted octanol–water partition coefficient (Wildman–Crippen LogP) is 3.87. The van der Waals surface area contributed by atoms with Gasteiger partial charge < -0.3 is 4.74 Å². The molecule has 24 heavy (non-hydrogen) atoms. The van der Waals surface area contributed by atoms with E-state index in [0.29, 0.717) is 17.0 Å². The summed E-state index contributed by atoms with van der Waals surface area (Å²) in [5.41, 5.74) is 1.18. The van der Waals surface area contributed by atoms with Crippen LogP contribution in [0.1, 0.15) is 11.6 Å². The van der Waals surface area contributed by atoms with E-state index in [1.807, 2.05) is 0 Å². The number of alkyl halides is 2. The van der Waals surface area contributed by atoms with Crippen LogP contribution < -0.4 is 9.64 Å². The second-order valence-electron chi connectivity index (χ2n) is 5.25. The van der Waals surface area contributed by atoms with Crippen LogP contribution in [0.25, 0.3) is 0 Å². The summed E-state index contributed by atoms with van der Waals surface area (Å²) >= 11 is 12.4. The highest BCUT2D eigenvalue weighted by Crippen LogP contribution is 2.52. The first kappa shape index (κ1) is 16.5. The van der Waals surface area contributed by atoms with E-state index in [2.05, 4.69) is 0 Å². The first-order valence-electron chi connectivity index (χ1n) is 6.96. The van der Waals surface area contributed by atoms with Crippen LogP contribution in [0.5, 0.6) is 5.75 Å². The van der Waals surface area contributed by atoms with Gasteiger partial charge in [0.1, 0.15) is 11.8 Å². The topological polar surface area (TPSA) is 72.7 Å². The lowest BCUT2D eigenvalue weighted by Crippen LogP contribution is -2.62. The summed E-state index contributed by atoms with van der Waals surface area (Å²) < 4.78 is 3.48. The molecule has 2 aromatic carbocycles. The predicted molar refractivity (Wildman–Crippen MR) is 90.8 cm³/mol. The number of nitrogens with zero attached hydrogens (tertiary/aromatic N) is 2. The highest BCUT2D eigenvalue weighted by atomic mass is 35.5. The van der Waals surface area contributed by atoms with Crippen molar-refractivity contribution in [3.05, 3.63) is 64.2 Å². The number of hydrogen-bond acceptors (Lipinski definition) is 4. The number of nitro benzene ring substituents is 1. The molecule has 8 heteroatoms. The Hall–Kier alpha value is -2.31. The van der Waals surface area contributed by atoms with Gasteiger partial charge in [0.2, 0.25) is 4.33 Å². The largest absolute Gasteiger partial charge is 0.497 e. The molecular weight excluding hydrogens is 355 g/mol. The van der Waals surface area contributed by atoms with Gasteiger partial charge in [-0.25, -0.2) is 0 Å². The molecule has 1 saturated heterocycles. The fourth-order valence-corrected chi connectivity index (χ4v) is 3.27. The Kier molecular flexibility index (Phi) is 4.11. The highest BCUT2D eigenvalue weighted by Gasteiger charge is 2.60. The smallest absolute Gasteiger partial charge is 0.269 e. The number of benzene rings is 2. The van der Waals surface area contributed by atoms with Crippen LogP contribution in [0.2, 0.25) is 0 Å². The third-order valence-electron chi connectivity index (χ3n) is 3.88. The van der Waals surface area contributed by atoms with Crippen molar-refractivity contribution in [2.24, 2.45) is 0 Å². The lowest BCUT2D eigenvalue weighted by Gasteiger charge is -2.49. The molecule has 1 amide bonds. The third kappa shape index (κ3) is 2.57. The Balaban J connectivity index is 1.96. The van der Waals surface area contributed by atoms with Crippen molar-refractivity contribution in [1.82, 2.24) is 0 Å². The minimum absolute atomic E-state index is 0.0462. The standard InChI is InChI=1S/C16H12Cl2N2O4/c1-24-13-8-6-11(7-9-13)19-14(16(17,18)15(19)21)10-2-4-12(5-3-10)20(22)23/h2-9,14H,1H3. The number of amides is 1.